The van der Waals surface area contributed by atoms with Crippen molar-refractivity contribution in [2.24, 2.45) is 5.73 Å². The third kappa shape index (κ3) is 3.02. The monoisotopic (exact) mass is 257 g/mol. The average molecular weight is 257 g/mol. The summed E-state index contributed by atoms with van der Waals surface area (Å²) in [6, 6.07) is 13.2. The van der Waals surface area contributed by atoms with Crippen LogP contribution in [0.4, 0.5) is 4.39 Å². The number of benzene rings is 2. The van der Waals surface area contributed by atoms with Crippen molar-refractivity contribution in [2.45, 2.75) is 32.7 Å². The van der Waals surface area contributed by atoms with Gasteiger partial charge in [0.15, 0.2) is 0 Å². The van der Waals surface area contributed by atoms with Gasteiger partial charge in [-0.2, -0.15) is 0 Å². The van der Waals surface area contributed by atoms with Gasteiger partial charge in [0.2, 0.25) is 0 Å². The first kappa shape index (κ1) is 13.8. The predicted molar refractivity (Wildman–Crippen MR) is 77.7 cm³/mol. The van der Waals surface area contributed by atoms with Gasteiger partial charge in [0, 0.05) is 0 Å². The van der Waals surface area contributed by atoms with Gasteiger partial charge in [-0.25, -0.2) is 4.39 Å². The van der Waals surface area contributed by atoms with Gasteiger partial charge < -0.3 is 5.73 Å². The van der Waals surface area contributed by atoms with Gasteiger partial charge in [-0.05, 0) is 41.2 Å². The Morgan fingerprint density at radius 2 is 1.42 bits per heavy atom. The van der Waals surface area contributed by atoms with Crippen molar-refractivity contribution in [3.05, 3.63) is 70.5 Å². The number of halogens is 1. The van der Waals surface area contributed by atoms with E-state index in [-0.39, 0.29) is 11.9 Å². The van der Waals surface area contributed by atoms with Crippen molar-refractivity contribution in [3.63, 3.8) is 0 Å². The van der Waals surface area contributed by atoms with Crippen LogP contribution in [0.5, 0.6) is 0 Å². The number of aryl methyl sites for hydroxylation is 1. The van der Waals surface area contributed by atoms with E-state index in [4.69, 9.17) is 5.73 Å². The maximum Gasteiger partial charge on any atom is 0.126 e. The molecular weight excluding hydrogens is 237 g/mol. The molecule has 0 saturated heterocycles. The minimum Gasteiger partial charge on any atom is -0.320 e. The smallest absolute Gasteiger partial charge is 0.126 e. The van der Waals surface area contributed by atoms with Crippen LogP contribution in [0, 0.1) is 12.7 Å². The summed E-state index contributed by atoms with van der Waals surface area (Å²) in [7, 11) is 0. The third-order valence-electron chi connectivity index (χ3n) is 3.50. The van der Waals surface area contributed by atoms with Crippen LogP contribution in [0.2, 0.25) is 0 Å². The van der Waals surface area contributed by atoms with Gasteiger partial charge in [-0.1, -0.05) is 50.2 Å². The molecule has 0 saturated carbocycles. The topological polar surface area (TPSA) is 26.0 Å². The first-order valence-electron chi connectivity index (χ1n) is 6.60. The second-order valence-electron chi connectivity index (χ2n) is 5.31. The molecule has 0 radical (unpaired) electrons. The molecule has 0 aliphatic rings. The minimum atomic E-state index is -0.208. The van der Waals surface area contributed by atoms with E-state index in [0.717, 1.165) is 11.1 Å². The molecule has 2 aromatic rings. The lowest BCUT2D eigenvalue weighted by Crippen LogP contribution is -2.12. The fourth-order valence-corrected chi connectivity index (χ4v) is 2.14. The molecule has 0 aromatic heterocycles. The molecule has 1 unspecified atom stereocenters. The summed E-state index contributed by atoms with van der Waals surface area (Å²) in [6.07, 6.45) is 0. The summed E-state index contributed by atoms with van der Waals surface area (Å²) in [4.78, 5) is 0. The highest BCUT2D eigenvalue weighted by Crippen LogP contribution is 2.23. The Morgan fingerprint density at radius 3 is 1.95 bits per heavy atom. The number of hydrogen-bond acceptors (Lipinski definition) is 1. The Bertz CT molecular complexity index is 558. The van der Waals surface area contributed by atoms with Gasteiger partial charge in [0.1, 0.15) is 5.82 Å². The molecule has 0 fully saturated rings. The van der Waals surface area contributed by atoms with E-state index in [2.05, 4.69) is 38.1 Å². The predicted octanol–water partition coefficient (Wildman–Crippen LogP) is 4.31. The zero-order valence-corrected chi connectivity index (χ0v) is 11.7. The Kier molecular flexibility index (Phi) is 4.01. The molecule has 0 aliphatic carbocycles. The molecule has 1 nitrogen and oxygen atoms in total. The molecule has 0 aliphatic heterocycles. The minimum absolute atomic E-state index is 0.189. The molecule has 2 N–H and O–H groups in total. The van der Waals surface area contributed by atoms with Crippen molar-refractivity contribution in [1.29, 1.82) is 0 Å². The average Bonchev–Trinajstić information content (AvgIpc) is 2.41. The molecule has 100 valence electrons. The van der Waals surface area contributed by atoms with E-state index in [0.29, 0.717) is 11.5 Å². The van der Waals surface area contributed by atoms with E-state index < -0.39 is 0 Å². The van der Waals surface area contributed by atoms with E-state index >= 15 is 0 Å². The summed E-state index contributed by atoms with van der Waals surface area (Å²) >= 11 is 0. The van der Waals surface area contributed by atoms with Crippen molar-refractivity contribution >= 4 is 0 Å². The Hall–Kier alpha value is -1.67. The van der Waals surface area contributed by atoms with Gasteiger partial charge in [0.25, 0.3) is 0 Å². The van der Waals surface area contributed by atoms with Crippen LogP contribution in [0.1, 0.15) is 48.1 Å². The highest BCUT2D eigenvalue weighted by Gasteiger charge is 2.10. The van der Waals surface area contributed by atoms with Crippen LogP contribution in [-0.2, 0) is 0 Å². The number of rotatable bonds is 3. The Labute approximate surface area is 114 Å². The second kappa shape index (κ2) is 5.54. The van der Waals surface area contributed by atoms with Crippen LogP contribution in [-0.4, -0.2) is 0 Å². The SMILES string of the molecule is Cc1cc(C(N)c2ccc(C(C)C)cc2)ccc1F. The first-order valence-corrected chi connectivity index (χ1v) is 6.60. The largest absolute Gasteiger partial charge is 0.320 e. The standard InChI is InChI=1S/C17H20FN/c1-11(2)13-4-6-14(7-5-13)17(19)15-8-9-16(18)12(3)10-15/h4-11,17H,19H2,1-3H3. The Morgan fingerprint density at radius 1 is 0.895 bits per heavy atom. The summed E-state index contributed by atoms with van der Waals surface area (Å²) in [5, 5.41) is 0. The Balaban J connectivity index is 2.27. The van der Waals surface area contributed by atoms with E-state index in [1.807, 2.05) is 6.07 Å². The lowest BCUT2D eigenvalue weighted by atomic mass is 9.95. The summed E-state index contributed by atoms with van der Waals surface area (Å²) in [5.41, 5.74) is 10.2. The van der Waals surface area contributed by atoms with E-state index in [1.54, 1.807) is 13.0 Å². The summed E-state index contributed by atoms with van der Waals surface area (Å²) in [6.45, 7) is 6.09. The lowest BCUT2D eigenvalue weighted by molar-refractivity contribution is 0.617. The first-order chi connectivity index (χ1) is 8.99. The quantitative estimate of drug-likeness (QED) is 0.871. The van der Waals surface area contributed by atoms with Crippen LogP contribution in [0.15, 0.2) is 42.5 Å². The molecule has 1 atom stereocenters. The van der Waals surface area contributed by atoms with E-state index in [1.165, 1.54) is 11.6 Å². The van der Waals surface area contributed by atoms with Crippen molar-refractivity contribution in [1.82, 2.24) is 0 Å². The second-order valence-corrected chi connectivity index (χ2v) is 5.31. The highest BCUT2D eigenvalue weighted by molar-refractivity contribution is 5.35. The van der Waals surface area contributed by atoms with Crippen LogP contribution < -0.4 is 5.73 Å². The molecule has 0 spiro atoms. The molecule has 19 heavy (non-hydrogen) atoms. The van der Waals surface area contributed by atoms with Crippen molar-refractivity contribution < 1.29 is 4.39 Å². The molecular formula is C17H20FN. The normalized spacial score (nSPS) is 12.7. The third-order valence-corrected chi connectivity index (χ3v) is 3.50. The lowest BCUT2D eigenvalue weighted by Gasteiger charge is -2.15. The zero-order chi connectivity index (χ0) is 14.0. The van der Waals surface area contributed by atoms with Crippen LogP contribution in [0.3, 0.4) is 0 Å². The summed E-state index contributed by atoms with van der Waals surface area (Å²) < 4.78 is 13.3. The van der Waals surface area contributed by atoms with Crippen molar-refractivity contribution in [3.8, 4) is 0 Å². The highest BCUT2D eigenvalue weighted by atomic mass is 19.1. The van der Waals surface area contributed by atoms with Gasteiger partial charge >= 0.3 is 0 Å². The van der Waals surface area contributed by atoms with Crippen LogP contribution in [0.25, 0.3) is 0 Å². The van der Waals surface area contributed by atoms with Crippen LogP contribution >= 0.6 is 0 Å². The molecule has 0 bridgehead atoms. The van der Waals surface area contributed by atoms with E-state index in [9.17, 15) is 4.39 Å². The molecule has 2 heteroatoms. The van der Waals surface area contributed by atoms with Gasteiger partial charge in [-0.3, -0.25) is 0 Å². The molecule has 2 aromatic carbocycles. The zero-order valence-electron chi connectivity index (χ0n) is 11.7. The maximum atomic E-state index is 13.3. The van der Waals surface area contributed by atoms with Gasteiger partial charge in [0.05, 0.1) is 6.04 Å². The summed E-state index contributed by atoms with van der Waals surface area (Å²) in [5.74, 6) is 0.324. The number of nitrogens with two attached hydrogens (primary N) is 1. The van der Waals surface area contributed by atoms with Crippen molar-refractivity contribution in [2.75, 3.05) is 0 Å². The molecule has 0 heterocycles. The fraction of sp³-hybridized carbons (Fsp3) is 0.294. The van der Waals surface area contributed by atoms with Gasteiger partial charge in [-0.15, -0.1) is 0 Å². The maximum absolute atomic E-state index is 13.3. The fourth-order valence-electron chi connectivity index (χ4n) is 2.14. The molecule has 2 rings (SSSR count). The number of hydrogen-bond donors (Lipinski definition) is 1. The molecule has 0 amide bonds.